The third-order valence-corrected chi connectivity index (χ3v) is 5.23. The molecule has 1 aliphatic carbocycles. The summed E-state index contributed by atoms with van der Waals surface area (Å²) in [5.74, 6) is 0.165. The maximum atomic E-state index is 13.0. The standard InChI is InChI=1S/C23H17NO/c1-2-13-24-21-12-11-15-7-3-4-8-16(15)19(21)14-20-22(24)17-9-5-6-10-18(17)23(20)25/h2-12H,1,13-14H2. The lowest BCUT2D eigenvalue weighted by atomic mass is 9.91. The van der Waals surface area contributed by atoms with Gasteiger partial charge in [0.05, 0.1) is 5.70 Å². The molecule has 0 N–H and O–H groups in total. The average Bonchev–Trinajstić information content (AvgIpc) is 2.94. The normalized spacial score (nSPS) is 15.2. The Balaban J connectivity index is 1.80. The van der Waals surface area contributed by atoms with Crippen LogP contribution >= 0.6 is 0 Å². The van der Waals surface area contributed by atoms with Crippen LogP contribution in [-0.2, 0) is 6.42 Å². The minimum atomic E-state index is 0.165. The molecule has 2 heteroatoms. The van der Waals surface area contributed by atoms with E-state index in [0.717, 1.165) is 22.4 Å². The van der Waals surface area contributed by atoms with E-state index in [9.17, 15) is 4.79 Å². The van der Waals surface area contributed by atoms with Gasteiger partial charge in [0.25, 0.3) is 0 Å². The van der Waals surface area contributed by atoms with E-state index in [1.807, 2.05) is 24.3 Å². The second kappa shape index (κ2) is 5.18. The molecule has 0 saturated carbocycles. The molecule has 5 rings (SSSR count). The largest absolute Gasteiger partial charge is 0.336 e. The van der Waals surface area contributed by atoms with E-state index >= 15 is 0 Å². The van der Waals surface area contributed by atoms with Crippen LogP contribution in [0.15, 0.2) is 78.9 Å². The summed E-state index contributed by atoms with van der Waals surface area (Å²) in [6, 6.07) is 20.7. The molecule has 1 aliphatic heterocycles. The molecule has 0 atom stereocenters. The third kappa shape index (κ3) is 1.88. The fourth-order valence-corrected chi connectivity index (χ4v) is 4.17. The van der Waals surface area contributed by atoms with E-state index in [0.29, 0.717) is 13.0 Å². The monoisotopic (exact) mass is 323 g/mol. The molecule has 3 aromatic carbocycles. The molecule has 0 fully saturated rings. The van der Waals surface area contributed by atoms with Crippen molar-refractivity contribution in [3.63, 3.8) is 0 Å². The molecule has 1 heterocycles. The molecule has 25 heavy (non-hydrogen) atoms. The number of nitrogens with zero attached hydrogens (tertiary/aromatic N) is 1. The minimum Gasteiger partial charge on any atom is -0.336 e. The first-order valence-electron chi connectivity index (χ1n) is 8.56. The second-order valence-corrected chi connectivity index (χ2v) is 6.56. The van der Waals surface area contributed by atoms with Crippen molar-refractivity contribution in [2.24, 2.45) is 0 Å². The van der Waals surface area contributed by atoms with E-state index < -0.39 is 0 Å². The van der Waals surface area contributed by atoms with Gasteiger partial charge in [-0.15, -0.1) is 6.58 Å². The number of anilines is 1. The lowest BCUT2D eigenvalue weighted by Crippen LogP contribution is -2.27. The van der Waals surface area contributed by atoms with Crippen molar-refractivity contribution in [1.29, 1.82) is 0 Å². The summed E-state index contributed by atoms with van der Waals surface area (Å²) >= 11 is 0. The Morgan fingerprint density at radius 3 is 2.56 bits per heavy atom. The van der Waals surface area contributed by atoms with Crippen LogP contribution in [0.4, 0.5) is 5.69 Å². The highest BCUT2D eigenvalue weighted by Gasteiger charge is 2.37. The highest BCUT2D eigenvalue weighted by molar-refractivity contribution is 6.23. The van der Waals surface area contributed by atoms with E-state index in [1.54, 1.807) is 0 Å². The quantitative estimate of drug-likeness (QED) is 0.619. The molecule has 0 spiro atoms. The highest BCUT2D eigenvalue weighted by Crippen LogP contribution is 2.46. The topological polar surface area (TPSA) is 20.3 Å². The Morgan fingerprint density at radius 2 is 1.72 bits per heavy atom. The van der Waals surface area contributed by atoms with Crippen molar-refractivity contribution in [2.75, 3.05) is 11.4 Å². The number of fused-ring (bicyclic) bond motifs is 5. The number of carbonyl (C=O) groups is 1. The Labute approximate surface area is 146 Å². The zero-order chi connectivity index (χ0) is 17.0. The molecule has 0 unspecified atom stereocenters. The van der Waals surface area contributed by atoms with Gasteiger partial charge in [-0.2, -0.15) is 0 Å². The summed E-state index contributed by atoms with van der Waals surface area (Å²) in [7, 11) is 0. The molecule has 0 saturated heterocycles. The van der Waals surface area contributed by atoms with Gasteiger partial charge in [-0.25, -0.2) is 0 Å². The summed E-state index contributed by atoms with van der Waals surface area (Å²) in [5, 5.41) is 2.44. The van der Waals surface area contributed by atoms with Gasteiger partial charge in [-0.05, 0) is 22.4 Å². The molecular formula is C23H17NO. The van der Waals surface area contributed by atoms with E-state index in [1.165, 1.54) is 22.0 Å². The molecule has 0 aromatic heterocycles. The van der Waals surface area contributed by atoms with Gasteiger partial charge in [-0.3, -0.25) is 4.79 Å². The first-order valence-corrected chi connectivity index (χ1v) is 8.56. The maximum absolute atomic E-state index is 13.0. The van der Waals surface area contributed by atoms with Crippen LogP contribution in [0, 0.1) is 0 Å². The number of benzene rings is 3. The van der Waals surface area contributed by atoms with Gasteiger partial charge < -0.3 is 4.90 Å². The number of rotatable bonds is 2. The van der Waals surface area contributed by atoms with Gasteiger partial charge in [0.1, 0.15) is 0 Å². The van der Waals surface area contributed by atoms with Crippen molar-refractivity contribution >= 4 is 27.9 Å². The smallest absolute Gasteiger partial charge is 0.192 e. The predicted molar refractivity (Wildman–Crippen MR) is 103 cm³/mol. The highest BCUT2D eigenvalue weighted by atomic mass is 16.1. The third-order valence-electron chi connectivity index (χ3n) is 5.23. The summed E-state index contributed by atoms with van der Waals surface area (Å²) in [6.45, 7) is 4.62. The summed E-state index contributed by atoms with van der Waals surface area (Å²) in [6.07, 6.45) is 2.59. The van der Waals surface area contributed by atoms with Crippen molar-refractivity contribution < 1.29 is 4.79 Å². The molecule has 3 aromatic rings. The number of hydrogen-bond donors (Lipinski definition) is 0. The predicted octanol–water partition coefficient (Wildman–Crippen LogP) is 5.00. The number of ketones is 1. The minimum absolute atomic E-state index is 0.165. The Kier molecular flexibility index (Phi) is 2.95. The average molecular weight is 323 g/mol. The van der Waals surface area contributed by atoms with Crippen LogP contribution < -0.4 is 4.90 Å². The molecule has 2 nitrogen and oxygen atoms in total. The SMILES string of the molecule is C=CCN1C2=C(Cc3c1ccc1ccccc31)C(=O)c1ccccc12. The Bertz CT molecular complexity index is 1090. The van der Waals surface area contributed by atoms with Crippen LogP contribution in [0.25, 0.3) is 16.5 Å². The summed E-state index contributed by atoms with van der Waals surface area (Å²) in [5.41, 5.74) is 6.25. The molecular weight excluding hydrogens is 306 g/mol. The van der Waals surface area contributed by atoms with E-state index in [4.69, 9.17) is 0 Å². The van der Waals surface area contributed by atoms with Crippen molar-refractivity contribution in [2.45, 2.75) is 6.42 Å². The zero-order valence-electron chi connectivity index (χ0n) is 13.8. The van der Waals surface area contributed by atoms with Crippen LogP contribution in [0.2, 0.25) is 0 Å². The maximum Gasteiger partial charge on any atom is 0.192 e. The van der Waals surface area contributed by atoms with Crippen LogP contribution in [0.5, 0.6) is 0 Å². The lowest BCUT2D eigenvalue weighted by Gasteiger charge is -2.33. The Morgan fingerprint density at radius 1 is 0.960 bits per heavy atom. The number of carbonyl (C=O) groups excluding carboxylic acids is 1. The first-order chi connectivity index (χ1) is 12.3. The number of Topliss-reactive ketones (excluding diaryl/α,β-unsaturated/α-hetero) is 1. The lowest BCUT2D eigenvalue weighted by molar-refractivity contribution is 0.103. The Hall–Kier alpha value is -3.13. The van der Waals surface area contributed by atoms with Crippen molar-refractivity contribution in [3.05, 3.63) is 95.6 Å². The van der Waals surface area contributed by atoms with Gasteiger partial charge >= 0.3 is 0 Å². The second-order valence-electron chi connectivity index (χ2n) is 6.56. The van der Waals surface area contributed by atoms with E-state index in [2.05, 4.69) is 53.9 Å². The van der Waals surface area contributed by atoms with Crippen LogP contribution in [0.3, 0.4) is 0 Å². The molecule has 0 amide bonds. The van der Waals surface area contributed by atoms with Gasteiger partial charge in [0.2, 0.25) is 0 Å². The van der Waals surface area contributed by atoms with Crippen molar-refractivity contribution in [1.82, 2.24) is 0 Å². The number of hydrogen-bond acceptors (Lipinski definition) is 2. The fourth-order valence-electron chi connectivity index (χ4n) is 4.17. The zero-order valence-corrected chi connectivity index (χ0v) is 13.8. The van der Waals surface area contributed by atoms with Crippen LogP contribution in [-0.4, -0.2) is 12.3 Å². The molecule has 0 bridgehead atoms. The van der Waals surface area contributed by atoms with Gasteiger partial charge in [0.15, 0.2) is 5.78 Å². The summed E-state index contributed by atoms with van der Waals surface area (Å²) in [4.78, 5) is 15.3. The van der Waals surface area contributed by atoms with Gasteiger partial charge in [0, 0.05) is 35.4 Å². The van der Waals surface area contributed by atoms with Crippen LogP contribution in [0.1, 0.15) is 21.5 Å². The number of allylic oxidation sites excluding steroid dienone is 1. The molecule has 2 aliphatic rings. The van der Waals surface area contributed by atoms with Gasteiger partial charge in [-0.1, -0.05) is 60.7 Å². The molecule has 0 radical (unpaired) electrons. The summed E-state index contributed by atoms with van der Waals surface area (Å²) < 4.78 is 0. The first kappa shape index (κ1) is 14.2. The van der Waals surface area contributed by atoms with Crippen molar-refractivity contribution in [3.8, 4) is 0 Å². The fraction of sp³-hybridized carbons (Fsp3) is 0.0870. The van der Waals surface area contributed by atoms with E-state index in [-0.39, 0.29) is 5.78 Å². The molecule has 120 valence electrons.